The molecule has 7 N–H and O–H groups in total. The molecule has 0 spiro atoms. The first-order chi connectivity index (χ1) is 22.2. The first kappa shape index (κ1) is 36.2. The minimum absolute atomic E-state index is 0.0182. The van der Waals surface area contributed by atoms with Crippen LogP contribution in [0, 0.1) is 0 Å². The summed E-state index contributed by atoms with van der Waals surface area (Å²) in [7, 11) is 0. The highest BCUT2D eigenvalue weighted by Gasteiger charge is 2.44. The van der Waals surface area contributed by atoms with Gasteiger partial charge in [0.2, 0.25) is 23.6 Å². The standard InChI is InChI=1S/C33H36F3N5O6/c1-20(30(45)41-25(16-17-27(37)42)29(44)33(34,35)36)39-32(47)26(18-21-8-4-2-5-9-21)40-28(43)19-38-31(46)24-14-12-23(13-15-24)22-10-6-3-7-11-22/h2-15,20,25-26,29,44H,16-19H2,1H3,(H2,37,42)(H,38,46)(H,39,47)(H,40,43)(H,41,45)/t20-,25+,26?,29?/m1/s1. The lowest BCUT2D eigenvalue weighted by Crippen LogP contribution is -2.57. The van der Waals surface area contributed by atoms with Crippen LogP contribution in [0.25, 0.3) is 11.1 Å². The number of hydrogen-bond donors (Lipinski definition) is 6. The predicted octanol–water partition coefficient (Wildman–Crippen LogP) is 1.99. The Balaban J connectivity index is 1.63. The third-order valence-corrected chi connectivity index (χ3v) is 7.10. The van der Waals surface area contributed by atoms with Crippen LogP contribution in [0.3, 0.4) is 0 Å². The van der Waals surface area contributed by atoms with E-state index in [1.165, 1.54) is 6.92 Å². The Kier molecular flexibility index (Phi) is 13.0. The van der Waals surface area contributed by atoms with Crippen LogP contribution in [0.1, 0.15) is 35.7 Å². The van der Waals surface area contributed by atoms with Gasteiger partial charge in [-0.05, 0) is 42.2 Å². The molecule has 250 valence electrons. The molecular weight excluding hydrogens is 619 g/mol. The van der Waals surface area contributed by atoms with Crippen molar-refractivity contribution in [3.8, 4) is 11.1 Å². The summed E-state index contributed by atoms with van der Waals surface area (Å²) in [5.41, 5.74) is 7.82. The van der Waals surface area contributed by atoms with E-state index in [-0.39, 0.29) is 6.42 Å². The average molecular weight is 656 g/mol. The Morgan fingerprint density at radius 2 is 1.36 bits per heavy atom. The molecule has 0 aliphatic rings. The molecule has 0 aliphatic heterocycles. The topological polar surface area (TPSA) is 180 Å². The molecule has 3 aromatic rings. The predicted molar refractivity (Wildman–Crippen MR) is 166 cm³/mol. The molecular formula is C33H36F3N5O6. The number of nitrogens with one attached hydrogen (secondary N) is 4. The molecule has 0 aromatic heterocycles. The molecule has 3 aromatic carbocycles. The number of primary amides is 1. The van der Waals surface area contributed by atoms with Crippen molar-refractivity contribution >= 4 is 29.5 Å². The van der Waals surface area contributed by atoms with Crippen molar-refractivity contribution in [1.82, 2.24) is 21.3 Å². The molecule has 3 rings (SSSR count). The number of rotatable bonds is 15. The third-order valence-electron chi connectivity index (χ3n) is 7.10. The fourth-order valence-electron chi connectivity index (χ4n) is 4.53. The van der Waals surface area contributed by atoms with Gasteiger partial charge in [0, 0.05) is 18.4 Å². The van der Waals surface area contributed by atoms with Crippen molar-refractivity contribution < 1.29 is 42.3 Å². The Bertz CT molecular complexity index is 1520. The van der Waals surface area contributed by atoms with Gasteiger partial charge in [0.1, 0.15) is 12.1 Å². The Labute approximate surface area is 269 Å². The van der Waals surface area contributed by atoms with Crippen LogP contribution >= 0.6 is 0 Å². The normalized spacial score (nSPS) is 13.7. The lowest BCUT2D eigenvalue weighted by atomic mass is 10.0. The molecule has 0 fully saturated rings. The van der Waals surface area contributed by atoms with Gasteiger partial charge in [-0.2, -0.15) is 13.2 Å². The molecule has 47 heavy (non-hydrogen) atoms. The van der Waals surface area contributed by atoms with E-state index in [1.807, 2.05) is 35.6 Å². The van der Waals surface area contributed by atoms with Crippen LogP contribution in [0.2, 0.25) is 0 Å². The molecule has 14 heteroatoms. The number of aliphatic hydroxyl groups is 1. The molecule has 0 bridgehead atoms. The molecule has 4 atom stereocenters. The van der Waals surface area contributed by atoms with Gasteiger partial charge in [0.15, 0.2) is 6.10 Å². The third kappa shape index (κ3) is 11.6. The largest absolute Gasteiger partial charge is 0.416 e. The molecule has 0 saturated heterocycles. The summed E-state index contributed by atoms with van der Waals surface area (Å²) < 4.78 is 39.5. The van der Waals surface area contributed by atoms with Gasteiger partial charge in [-0.25, -0.2) is 0 Å². The minimum Gasteiger partial charge on any atom is -0.382 e. The van der Waals surface area contributed by atoms with Crippen LogP contribution in [-0.4, -0.2) is 71.6 Å². The summed E-state index contributed by atoms with van der Waals surface area (Å²) in [6.45, 7) is 0.716. The number of nitrogens with two attached hydrogens (primary N) is 1. The highest BCUT2D eigenvalue weighted by atomic mass is 19.4. The van der Waals surface area contributed by atoms with E-state index in [0.717, 1.165) is 11.1 Å². The zero-order chi connectivity index (χ0) is 34.6. The van der Waals surface area contributed by atoms with Gasteiger partial charge in [0.25, 0.3) is 5.91 Å². The maximum absolute atomic E-state index is 13.2. The fraction of sp³-hybridized carbons (Fsp3) is 0.303. The van der Waals surface area contributed by atoms with Crippen molar-refractivity contribution in [3.63, 3.8) is 0 Å². The van der Waals surface area contributed by atoms with Crippen LogP contribution in [0.4, 0.5) is 13.2 Å². The average Bonchev–Trinajstić information content (AvgIpc) is 3.05. The lowest BCUT2D eigenvalue weighted by molar-refractivity contribution is -0.212. The van der Waals surface area contributed by atoms with Gasteiger partial charge in [-0.1, -0.05) is 72.8 Å². The zero-order valence-corrected chi connectivity index (χ0v) is 25.4. The number of benzene rings is 3. The molecule has 0 aliphatic carbocycles. The molecule has 0 saturated carbocycles. The van der Waals surface area contributed by atoms with Gasteiger partial charge in [-0.15, -0.1) is 0 Å². The van der Waals surface area contributed by atoms with Gasteiger partial charge >= 0.3 is 6.18 Å². The lowest BCUT2D eigenvalue weighted by Gasteiger charge is -2.27. The van der Waals surface area contributed by atoms with E-state index in [4.69, 9.17) is 5.73 Å². The number of amides is 5. The molecule has 5 amide bonds. The summed E-state index contributed by atoms with van der Waals surface area (Å²) in [6, 6.07) is 20.3. The van der Waals surface area contributed by atoms with E-state index in [9.17, 15) is 42.3 Å². The Hall–Kier alpha value is -5.24. The second kappa shape index (κ2) is 16.9. The number of halogens is 3. The number of alkyl halides is 3. The quantitative estimate of drug-likeness (QED) is 0.146. The molecule has 0 radical (unpaired) electrons. The number of carbonyl (C=O) groups is 5. The van der Waals surface area contributed by atoms with E-state index in [2.05, 4.69) is 16.0 Å². The number of carbonyl (C=O) groups excluding carboxylic acids is 5. The molecule has 2 unspecified atom stereocenters. The van der Waals surface area contributed by atoms with Crippen LogP contribution < -0.4 is 27.0 Å². The maximum atomic E-state index is 13.2. The van der Waals surface area contributed by atoms with E-state index < -0.39 is 79.3 Å². The summed E-state index contributed by atoms with van der Waals surface area (Å²) >= 11 is 0. The fourth-order valence-corrected chi connectivity index (χ4v) is 4.53. The SMILES string of the molecule is C[C@@H](NC(=O)C(Cc1ccccc1)NC(=O)CNC(=O)c1ccc(-c2ccccc2)cc1)C(=O)N[C@@H](CCC(N)=O)C(O)C(F)(F)F. The van der Waals surface area contributed by atoms with E-state index in [1.54, 1.807) is 54.6 Å². The summed E-state index contributed by atoms with van der Waals surface area (Å²) in [4.78, 5) is 62.6. The number of aliphatic hydroxyl groups excluding tert-OH is 1. The van der Waals surface area contributed by atoms with E-state index in [0.29, 0.717) is 11.1 Å². The van der Waals surface area contributed by atoms with E-state index >= 15 is 0 Å². The van der Waals surface area contributed by atoms with Crippen LogP contribution in [-0.2, 0) is 25.6 Å². The highest BCUT2D eigenvalue weighted by Crippen LogP contribution is 2.24. The Morgan fingerprint density at radius 1 is 0.787 bits per heavy atom. The second-order valence-electron chi connectivity index (χ2n) is 10.8. The molecule has 0 heterocycles. The van der Waals surface area contributed by atoms with Crippen molar-refractivity contribution in [3.05, 3.63) is 96.1 Å². The van der Waals surface area contributed by atoms with Gasteiger partial charge in [0.05, 0.1) is 12.6 Å². The summed E-state index contributed by atoms with van der Waals surface area (Å²) in [6.07, 6.45) is -9.25. The van der Waals surface area contributed by atoms with Gasteiger partial charge < -0.3 is 32.1 Å². The van der Waals surface area contributed by atoms with Crippen LogP contribution in [0.15, 0.2) is 84.9 Å². The second-order valence-corrected chi connectivity index (χ2v) is 10.8. The van der Waals surface area contributed by atoms with Gasteiger partial charge in [-0.3, -0.25) is 24.0 Å². The number of hydrogen-bond acceptors (Lipinski definition) is 6. The summed E-state index contributed by atoms with van der Waals surface area (Å²) in [5, 5.41) is 19.1. The highest BCUT2D eigenvalue weighted by molar-refractivity contribution is 5.98. The van der Waals surface area contributed by atoms with Crippen molar-refractivity contribution in [2.24, 2.45) is 5.73 Å². The minimum atomic E-state index is -5.10. The molecule has 11 nitrogen and oxygen atoms in total. The first-order valence-corrected chi connectivity index (χ1v) is 14.7. The summed E-state index contributed by atoms with van der Waals surface area (Å²) in [5.74, 6) is -4.09. The maximum Gasteiger partial charge on any atom is 0.416 e. The van der Waals surface area contributed by atoms with Crippen molar-refractivity contribution in [1.29, 1.82) is 0 Å². The van der Waals surface area contributed by atoms with Crippen molar-refractivity contribution in [2.45, 2.75) is 56.6 Å². The first-order valence-electron chi connectivity index (χ1n) is 14.7. The Morgan fingerprint density at radius 3 is 1.94 bits per heavy atom. The van der Waals surface area contributed by atoms with Crippen molar-refractivity contribution in [2.75, 3.05) is 6.54 Å². The smallest absolute Gasteiger partial charge is 0.382 e. The zero-order valence-electron chi connectivity index (χ0n) is 25.4. The monoisotopic (exact) mass is 655 g/mol. The van der Waals surface area contributed by atoms with Crippen LogP contribution in [0.5, 0.6) is 0 Å².